The SMILES string of the molecule is N=C1CCCN1CC(=O)c1ccccc1.[Br-]. The summed E-state index contributed by atoms with van der Waals surface area (Å²) in [5.41, 5.74) is 0.734. The van der Waals surface area contributed by atoms with Gasteiger partial charge in [0.25, 0.3) is 0 Å². The van der Waals surface area contributed by atoms with Gasteiger partial charge < -0.3 is 21.9 Å². The molecule has 0 saturated carbocycles. The van der Waals surface area contributed by atoms with Crippen LogP contribution in [0.15, 0.2) is 30.3 Å². The lowest BCUT2D eigenvalue weighted by Crippen LogP contribution is -3.00. The van der Waals surface area contributed by atoms with Crippen molar-refractivity contribution in [2.75, 3.05) is 13.1 Å². The van der Waals surface area contributed by atoms with Crippen molar-refractivity contribution >= 4 is 11.6 Å². The molecule has 1 aromatic carbocycles. The first-order valence-electron chi connectivity index (χ1n) is 5.18. The minimum absolute atomic E-state index is 0. The third-order valence-electron chi connectivity index (χ3n) is 2.65. The lowest BCUT2D eigenvalue weighted by Gasteiger charge is -2.16. The number of halogens is 1. The summed E-state index contributed by atoms with van der Waals surface area (Å²) in [4.78, 5) is 13.7. The third-order valence-corrected chi connectivity index (χ3v) is 2.65. The molecule has 0 bridgehead atoms. The van der Waals surface area contributed by atoms with Crippen molar-refractivity contribution in [3.8, 4) is 0 Å². The maximum atomic E-state index is 11.8. The van der Waals surface area contributed by atoms with E-state index in [0.29, 0.717) is 12.4 Å². The summed E-state index contributed by atoms with van der Waals surface area (Å²) in [6, 6.07) is 9.27. The Labute approximate surface area is 106 Å². The number of likely N-dealkylation sites (tertiary alicyclic amines) is 1. The summed E-state index contributed by atoms with van der Waals surface area (Å²) >= 11 is 0. The number of nitrogens with one attached hydrogen (secondary N) is 1. The topological polar surface area (TPSA) is 44.2 Å². The van der Waals surface area contributed by atoms with Crippen molar-refractivity contribution in [1.82, 2.24) is 4.90 Å². The van der Waals surface area contributed by atoms with E-state index in [2.05, 4.69) is 0 Å². The summed E-state index contributed by atoms with van der Waals surface area (Å²) in [5, 5.41) is 7.64. The van der Waals surface area contributed by atoms with Gasteiger partial charge in [0.1, 0.15) is 0 Å². The fraction of sp³-hybridized carbons (Fsp3) is 0.333. The highest BCUT2D eigenvalue weighted by Crippen LogP contribution is 2.11. The molecule has 86 valence electrons. The lowest BCUT2D eigenvalue weighted by atomic mass is 10.1. The molecule has 3 nitrogen and oxygen atoms in total. The van der Waals surface area contributed by atoms with E-state index in [9.17, 15) is 4.79 Å². The molecule has 0 amide bonds. The van der Waals surface area contributed by atoms with Gasteiger partial charge in [-0.05, 0) is 6.42 Å². The quantitative estimate of drug-likeness (QED) is 0.719. The molecule has 1 N–H and O–H groups in total. The molecule has 4 heteroatoms. The van der Waals surface area contributed by atoms with Crippen molar-refractivity contribution in [2.24, 2.45) is 0 Å². The number of Topliss-reactive ketones (excluding diaryl/α,β-unsaturated/α-hetero) is 1. The fourth-order valence-corrected chi connectivity index (χ4v) is 1.79. The number of nitrogens with zero attached hydrogens (tertiary/aromatic N) is 1. The van der Waals surface area contributed by atoms with Gasteiger partial charge in [0.05, 0.1) is 12.4 Å². The van der Waals surface area contributed by atoms with E-state index in [-0.39, 0.29) is 22.8 Å². The molecule has 1 heterocycles. The molecule has 0 spiro atoms. The van der Waals surface area contributed by atoms with E-state index in [0.717, 1.165) is 24.9 Å². The minimum Gasteiger partial charge on any atom is -1.00 e. The van der Waals surface area contributed by atoms with E-state index >= 15 is 0 Å². The Morgan fingerprint density at radius 2 is 2.00 bits per heavy atom. The normalized spacial score (nSPS) is 14.8. The Kier molecular flexibility index (Phi) is 4.68. The summed E-state index contributed by atoms with van der Waals surface area (Å²) in [6.07, 6.45) is 1.81. The first kappa shape index (κ1) is 12.9. The van der Waals surface area contributed by atoms with Gasteiger partial charge in [0, 0.05) is 18.5 Å². The second-order valence-corrected chi connectivity index (χ2v) is 3.76. The van der Waals surface area contributed by atoms with Crippen LogP contribution in [-0.4, -0.2) is 29.6 Å². The van der Waals surface area contributed by atoms with Gasteiger partial charge in [0.2, 0.25) is 0 Å². The average Bonchev–Trinajstić information content (AvgIpc) is 2.66. The van der Waals surface area contributed by atoms with Crippen molar-refractivity contribution in [3.05, 3.63) is 35.9 Å². The molecule has 0 aliphatic carbocycles. The van der Waals surface area contributed by atoms with Gasteiger partial charge in [-0.3, -0.25) is 10.2 Å². The smallest absolute Gasteiger partial charge is 0.182 e. The van der Waals surface area contributed by atoms with Gasteiger partial charge in [-0.1, -0.05) is 30.3 Å². The Hall–Kier alpha value is -1.16. The summed E-state index contributed by atoms with van der Waals surface area (Å²) in [7, 11) is 0. The maximum Gasteiger partial charge on any atom is 0.182 e. The predicted molar refractivity (Wildman–Crippen MR) is 59.3 cm³/mol. The molecule has 1 aliphatic heterocycles. The molecule has 1 fully saturated rings. The van der Waals surface area contributed by atoms with Crippen LogP contribution < -0.4 is 17.0 Å². The molecule has 1 saturated heterocycles. The lowest BCUT2D eigenvalue weighted by molar-refractivity contribution is -0.0000111. The molecule has 0 unspecified atom stereocenters. The van der Waals surface area contributed by atoms with Crippen LogP contribution in [0.1, 0.15) is 23.2 Å². The number of hydrogen-bond acceptors (Lipinski definition) is 2. The number of rotatable bonds is 3. The maximum absolute atomic E-state index is 11.8. The van der Waals surface area contributed by atoms with Crippen LogP contribution >= 0.6 is 0 Å². The highest BCUT2D eigenvalue weighted by atomic mass is 79.9. The Bertz CT molecular complexity index is 378. The molecule has 0 aromatic heterocycles. The molecule has 0 radical (unpaired) electrons. The number of hydrogen-bond donors (Lipinski definition) is 1. The standard InChI is InChI=1S/C12H14N2O.BrH/c13-12-7-4-8-14(12)9-11(15)10-5-2-1-3-6-10;/h1-3,5-6,13H,4,7-9H2;1H/p-1. The molecule has 1 aromatic rings. The second kappa shape index (κ2) is 5.80. The van der Waals surface area contributed by atoms with Crippen LogP contribution in [0.4, 0.5) is 0 Å². The summed E-state index contributed by atoms with van der Waals surface area (Å²) in [6.45, 7) is 1.19. The van der Waals surface area contributed by atoms with E-state index in [1.54, 1.807) is 0 Å². The van der Waals surface area contributed by atoms with Gasteiger partial charge in [-0.2, -0.15) is 0 Å². The van der Waals surface area contributed by atoms with Crippen molar-refractivity contribution in [1.29, 1.82) is 5.41 Å². The fourth-order valence-electron chi connectivity index (χ4n) is 1.79. The minimum atomic E-state index is 0. The largest absolute Gasteiger partial charge is 1.00 e. The average molecular weight is 282 g/mol. The van der Waals surface area contributed by atoms with Crippen LogP contribution in [-0.2, 0) is 0 Å². The van der Waals surface area contributed by atoms with E-state index < -0.39 is 0 Å². The van der Waals surface area contributed by atoms with Crippen LogP contribution in [0.25, 0.3) is 0 Å². The van der Waals surface area contributed by atoms with Crippen molar-refractivity contribution < 1.29 is 21.8 Å². The molecular formula is C12H14BrN2O-. The zero-order valence-corrected chi connectivity index (χ0v) is 10.5. The van der Waals surface area contributed by atoms with Gasteiger partial charge in [-0.15, -0.1) is 0 Å². The number of carbonyl (C=O) groups is 1. The van der Waals surface area contributed by atoms with Crippen molar-refractivity contribution in [2.45, 2.75) is 12.8 Å². The summed E-state index contributed by atoms with van der Waals surface area (Å²) in [5.74, 6) is 0.696. The van der Waals surface area contributed by atoms with Crippen molar-refractivity contribution in [3.63, 3.8) is 0 Å². The monoisotopic (exact) mass is 281 g/mol. The van der Waals surface area contributed by atoms with E-state index in [1.807, 2.05) is 35.2 Å². The molecule has 16 heavy (non-hydrogen) atoms. The number of carbonyl (C=O) groups excluding carboxylic acids is 1. The molecule has 1 aliphatic rings. The van der Waals surface area contributed by atoms with E-state index in [4.69, 9.17) is 5.41 Å². The Balaban J connectivity index is 0.00000128. The molecule has 2 rings (SSSR count). The Morgan fingerprint density at radius 1 is 1.31 bits per heavy atom. The van der Waals surface area contributed by atoms with Gasteiger partial charge >= 0.3 is 0 Å². The molecular weight excluding hydrogens is 268 g/mol. The Morgan fingerprint density at radius 3 is 2.56 bits per heavy atom. The first-order chi connectivity index (χ1) is 7.27. The number of benzene rings is 1. The first-order valence-corrected chi connectivity index (χ1v) is 5.18. The highest BCUT2D eigenvalue weighted by Gasteiger charge is 2.19. The van der Waals surface area contributed by atoms with Crippen LogP contribution in [0, 0.1) is 5.41 Å². The zero-order valence-electron chi connectivity index (χ0n) is 8.95. The second-order valence-electron chi connectivity index (χ2n) is 3.76. The third kappa shape index (κ3) is 2.92. The van der Waals surface area contributed by atoms with E-state index in [1.165, 1.54) is 0 Å². The van der Waals surface area contributed by atoms with Gasteiger partial charge in [-0.25, -0.2) is 0 Å². The zero-order chi connectivity index (χ0) is 10.7. The van der Waals surface area contributed by atoms with Crippen LogP contribution in [0.2, 0.25) is 0 Å². The van der Waals surface area contributed by atoms with Gasteiger partial charge in [0.15, 0.2) is 5.78 Å². The number of ketones is 1. The predicted octanol–water partition coefficient (Wildman–Crippen LogP) is -1.05. The number of amidine groups is 1. The van der Waals surface area contributed by atoms with Crippen LogP contribution in [0.3, 0.4) is 0 Å². The molecule has 0 atom stereocenters. The summed E-state index contributed by atoms with van der Waals surface area (Å²) < 4.78 is 0. The highest BCUT2D eigenvalue weighted by molar-refractivity contribution is 5.99. The van der Waals surface area contributed by atoms with Crippen LogP contribution in [0.5, 0.6) is 0 Å².